The number of rotatable bonds is 3. The van der Waals surface area contributed by atoms with E-state index in [0.717, 1.165) is 10.2 Å². The highest BCUT2D eigenvalue weighted by Crippen LogP contribution is 2.30. The van der Waals surface area contributed by atoms with E-state index in [1.54, 1.807) is 18.3 Å². The average Bonchev–Trinajstić information content (AvgIpc) is 2.37. The van der Waals surface area contributed by atoms with Crippen LogP contribution in [-0.2, 0) is 0 Å². The van der Waals surface area contributed by atoms with Crippen molar-refractivity contribution < 1.29 is 4.39 Å². The third-order valence-electron chi connectivity index (χ3n) is 2.41. The zero-order valence-corrected chi connectivity index (χ0v) is 11.9. The summed E-state index contributed by atoms with van der Waals surface area (Å²) in [5.41, 5.74) is 0.842. The summed E-state index contributed by atoms with van der Waals surface area (Å²) in [5, 5.41) is 0.175. The fraction of sp³-hybridized carbons (Fsp3) is 0.167. The summed E-state index contributed by atoms with van der Waals surface area (Å²) in [6.07, 6.45) is 1.59. The molecule has 0 fully saturated rings. The molecule has 0 radical (unpaired) electrons. The molecular formula is C12H10BrClFN3. The third kappa shape index (κ3) is 2.79. The fourth-order valence-electron chi connectivity index (χ4n) is 1.60. The molecule has 1 heterocycles. The first-order chi connectivity index (χ1) is 8.61. The Morgan fingerprint density at radius 3 is 2.61 bits per heavy atom. The van der Waals surface area contributed by atoms with E-state index >= 15 is 0 Å². The van der Waals surface area contributed by atoms with Crippen LogP contribution in [0.5, 0.6) is 0 Å². The zero-order chi connectivity index (χ0) is 13.1. The molecule has 0 bridgehead atoms. The van der Waals surface area contributed by atoms with Crippen LogP contribution in [0.2, 0.25) is 5.28 Å². The third-order valence-corrected chi connectivity index (χ3v) is 3.15. The topological polar surface area (TPSA) is 29.0 Å². The van der Waals surface area contributed by atoms with Gasteiger partial charge in [-0.15, -0.1) is 0 Å². The first-order valence-electron chi connectivity index (χ1n) is 5.33. The predicted octanol–water partition coefficient (Wildman–Crippen LogP) is 4.19. The molecule has 18 heavy (non-hydrogen) atoms. The van der Waals surface area contributed by atoms with E-state index in [0.29, 0.717) is 12.4 Å². The molecule has 0 saturated heterocycles. The molecule has 0 saturated carbocycles. The molecule has 0 unspecified atom stereocenters. The van der Waals surface area contributed by atoms with Crippen molar-refractivity contribution in [1.29, 1.82) is 0 Å². The number of hydrogen-bond acceptors (Lipinski definition) is 3. The maximum Gasteiger partial charge on any atom is 0.224 e. The minimum atomic E-state index is -0.269. The number of benzene rings is 1. The number of aromatic nitrogens is 2. The molecule has 0 atom stereocenters. The number of hydrogen-bond donors (Lipinski definition) is 0. The van der Waals surface area contributed by atoms with E-state index in [1.807, 2.05) is 11.8 Å². The van der Waals surface area contributed by atoms with Crippen molar-refractivity contribution in [2.45, 2.75) is 6.92 Å². The standard InChI is InChI=1S/C12H10BrClFN3/c1-2-18(9-5-3-8(15)4-6-9)11-10(13)7-16-12(14)17-11/h3-7H,2H2,1H3. The molecule has 6 heteroatoms. The van der Waals surface area contributed by atoms with Gasteiger partial charge in [0.25, 0.3) is 0 Å². The van der Waals surface area contributed by atoms with Crippen molar-refractivity contribution in [1.82, 2.24) is 9.97 Å². The Morgan fingerprint density at radius 1 is 1.33 bits per heavy atom. The van der Waals surface area contributed by atoms with Gasteiger partial charge in [0.15, 0.2) is 5.82 Å². The number of nitrogens with zero attached hydrogens (tertiary/aromatic N) is 3. The normalized spacial score (nSPS) is 10.4. The molecule has 94 valence electrons. The molecule has 0 spiro atoms. The molecule has 3 nitrogen and oxygen atoms in total. The molecule has 2 rings (SSSR count). The van der Waals surface area contributed by atoms with Crippen LogP contribution in [0.4, 0.5) is 15.9 Å². The van der Waals surface area contributed by atoms with Gasteiger partial charge >= 0.3 is 0 Å². The highest BCUT2D eigenvalue weighted by Gasteiger charge is 2.13. The van der Waals surface area contributed by atoms with Gasteiger partial charge in [0.1, 0.15) is 5.82 Å². The minimum absolute atomic E-state index is 0.175. The summed E-state index contributed by atoms with van der Waals surface area (Å²) in [6.45, 7) is 2.66. The van der Waals surface area contributed by atoms with Crippen LogP contribution in [-0.4, -0.2) is 16.5 Å². The Balaban J connectivity index is 2.44. The monoisotopic (exact) mass is 329 g/mol. The lowest BCUT2D eigenvalue weighted by molar-refractivity contribution is 0.627. The van der Waals surface area contributed by atoms with Crippen LogP contribution in [0.25, 0.3) is 0 Å². The van der Waals surface area contributed by atoms with E-state index in [1.165, 1.54) is 12.1 Å². The molecule has 1 aromatic carbocycles. The molecule has 2 aromatic rings. The summed E-state index contributed by atoms with van der Waals surface area (Å²) < 4.78 is 13.7. The molecule has 0 N–H and O–H groups in total. The second-order valence-electron chi connectivity index (χ2n) is 3.53. The smallest absolute Gasteiger partial charge is 0.224 e. The predicted molar refractivity (Wildman–Crippen MR) is 73.8 cm³/mol. The molecule has 0 aliphatic heterocycles. The average molecular weight is 331 g/mol. The van der Waals surface area contributed by atoms with Crippen molar-refractivity contribution in [3.63, 3.8) is 0 Å². The van der Waals surface area contributed by atoms with Crippen molar-refractivity contribution in [2.24, 2.45) is 0 Å². The van der Waals surface area contributed by atoms with Gasteiger partial charge in [-0.2, -0.15) is 4.98 Å². The maximum absolute atomic E-state index is 12.9. The SMILES string of the molecule is CCN(c1ccc(F)cc1)c1nc(Cl)ncc1Br. The van der Waals surface area contributed by atoms with Gasteiger partial charge in [-0.25, -0.2) is 9.37 Å². The van der Waals surface area contributed by atoms with Crippen molar-refractivity contribution >= 4 is 39.0 Å². The molecule has 0 aliphatic carbocycles. The van der Waals surface area contributed by atoms with Crippen LogP contribution in [0.15, 0.2) is 34.9 Å². The number of anilines is 2. The lowest BCUT2D eigenvalue weighted by Gasteiger charge is -2.23. The maximum atomic E-state index is 12.9. The van der Waals surface area contributed by atoms with Gasteiger partial charge < -0.3 is 4.90 Å². The molecular weight excluding hydrogens is 321 g/mol. The van der Waals surface area contributed by atoms with E-state index in [2.05, 4.69) is 25.9 Å². The largest absolute Gasteiger partial charge is 0.326 e. The van der Waals surface area contributed by atoms with Gasteiger partial charge in [-0.05, 0) is 58.7 Å². The van der Waals surface area contributed by atoms with Gasteiger partial charge in [-0.3, -0.25) is 0 Å². The first kappa shape index (κ1) is 13.2. The second-order valence-corrected chi connectivity index (χ2v) is 4.72. The summed E-state index contributed by atoms with van der Waals surface area (Å²) in [5.74, 6) is 0.388. The Bertz CT molecular complexity index is 548. The van der Waals surface area contributed by atoms with Crippen molar-refractivity contribution in [2.75, 3.05) is 11.4 Å². The van der Waals surface area contributed by atoms with Crippen LogP contribution in [0.3, 0.4) is 0 Å². The van der Waals surface area contributed by atoms with Gasteiger partial charge in [0.05, 0.1) is 4.47 Å². The van der Waals surface area contributed by atoms with E-state index in [9.17, 15) is 4.39 Å². The molecule has 0 amide bonds. The quantitative estimate of drug-likeness (QED) is 0.790. The van der Waals surface area contributed by atoms with Crippen LogP contribution >= 0.6 is 27.5 Å². The van der Waals surface area contributed by atoms with Crippen LogP contribution in [0.1, 0.15) is 6.92 Å². The van der Waals surface area contributed by atoms with Crippen molar-refractivity contribution in [3.05, 3.63) is 46.0 Å². The Morgan fingerprint density at radius 2 is 2.00 bits per heavy atom. The van der Waals surface area contributed by atoms with Crippen LogP contribution < -0.4 is 4.90 Å². The lowest BCUT2D eigenvalue weighted by Crippen LogP contribution is -2.18. The highest BCUT2D eigenvalue weighted by molar-refractivity contribution is 9.10. The van der Waals surface area contributed by atoms with Gasteiger partial charge in [0.2, 0.25) is 5.28 Å². The lowest BCUT2D eigenvalue weighted by atomic mass is 10.2. The van der Waals surface area contributed by atoms with Gasteiger partial charge in [-0.1, -0.05) is 0 Å². The summed E-state index contributed by atoms with van der Waals surface area (Å²) >= 11 is 9.19. The van der Waals surface area contributed by atoms with E-state index < -0.39 is 0 Å². The Kier molecular flexibility index (Phi) is 4.14. The van der Waals surface area contributed by atoms with E-state index in [-0.39, 0.29) is 11.1 Å². The zero-order valence-electron chi connectivity index (χ0n) is 9.57. The number of halogens is 3. The second kappa shape index (κ2) is 5.63. The van der Waals surface area contributed by atoms with Crippen LogP contribution in [0, 0.1) is 5.82 Å². The Hall–Kier alpha value is -1.20. The fourth-order valence-corrected chi connectivity index (χ4v) is 2.14. The molecule has 1 aromatic heterocycles. The highest BCUT2D eigenvalue weighted by atomic mass is 79.9. The van der Waals surface area contributed by atoms with E-state index in [4.69, 9.17) is 11.6 Å². The first-order valence-corrected chi connectivity index (χ1v) is 6.50. The summed E-state index contributed by atoms with van der Waals surface area (Å²) in [7, 11) is 0. The van der Waals surface area contributed by atoms with Gasteiger partial charge in [0, 0.05) is 18.4 Å². The summed E-state index contributed by atoms with van der Waals surface area (Å²) in [6, 6.07) is 6.21. The minimum Gasteiger partial charge on any atom is -0.326 e. The molecule has 0 aliphatic rings. The Labute approximate surface area is 118 Å². The van der Waals surface area contributed by atoms with Crippen molar-refractivity contribution in [3.8, 4) is 0 Å². The summed E-state index contributed by atoms with van der Waals surface area (Å²) in [4.78, 5) is 9.98.